The van der Waals surface area contributed by atoms with E-state index in [1.165, 1.54) is 12.1 Å². The molecule has 1 unspecified atom stereocenters. The van der Waals surface area contributed by atoms with Crippen LogP contribution in [0.3, 0.4) is 0 Å². The molecule has 4 aliphatic rings. The number of halogens is 1. The van der Waals surface area contributed by atoms with E-state index in [1.54, 1.807) is 36.4 Å². The Balaban J connectivity index is 1.22. The van der Waals surface area contributed by atoms with Crippen molar-refractivity contribution >= 4 is 18.9 Å². The molecule has 8 heteroatoms. The van der Waals surface area contributed by atoms with Crippen molar-refractivity contribution in [2.75, 3.05) is 0 Å². The third-order valence-electron chi connectivity index (χ3n) is 9.92. The Labute approximate surface area is 247 Å². The Kier molecular flexibility index (Phi) is 7.71. The van der Waals surface area contributed by atoms with Crippen LogP contribution in [0.25, 0.3) is 0 Å². The van der Waals surface area contributed by atoms with Gasteiger partial charge in [0, 0.05) is 5.56 Å². The molecule has 3 aliphatic carbocycles. The first-order chi connectivity index (χ1) is 20.1. The number of benzene rings is 3. The van der Waals surface area contributed by atoms with Crippen LogP contribution in [0.2, 0.25) is 0 Å². The van der Waals surface area contributed by atoms with Crippen LogP contribution in [-0.4, -0.2) is 36.6 Å². The van der Waals surface area contributed by atoms with Crippen LogP contribution in [0, 0.1) is 23.1 Å². The summed E-state index contributed by atoms with van der Waals surface area (Å²) in [6.07, 6.45) is 2.54. The van der Waals surface area contributed by atoms with Crippen LogP contribution in [0.1, 0.15) is 67.6 Å². The highest BCUT2D eigenvalue weighted by atomic mass is 19.1. The summed E-state index contributed by atoms with van der Waals surface area (Å²) >= 11 is 0. The van der Waals surface area contributed by atoms with Gasteiger partial charge in [-0.25, -0.2) is 4.39 Å². The van der Waals surface area contributed by atoms with Crippen LogP contribution in [0.5, 0.6) is 0 Å². The number of hydrogen-bond donors (Lipinski definition) is 2. The van der Waals surface area contributed by atoms with Gasteiger partial charge < -0.3 is 19.9 Å². The Bertz CT molecular complexity index is 1440. The van der Waals surface area contributed by atoms with Gasteiger partial charge in [0.1, 0.15) is 5.82 Å². The summed E-state index contributed by atoms with van der Waals surface area (Å²) < 4.78 is 27.5. The molecule has 1 saturated heterocycles. The lowest BCUT2D eigenvalue weighted by Crippen LogP contribution is -2.65. The lowest BCUT2D eigenvalue weighted by Gasteiger charge is -2.64. The van der Waals surface area contributed by atoms with Gasteiger partial charge >= 0.3 is 7.12 Å². The maximum atomic E-state index is 14.2. The third kappa shape index (κ3) is 5.50. The molecule has 4 fully saturated rings. The molecule has 42 heavy (non-hydrogen) atoms. The first-order valence-electron chi connectivity index (χ1n) is 14.9. The van der Waals surface area contributed by atoms with Gasteiger partial charge in [-0.1, -0.05) is 74.5 Å². The number of amides is 2. The molecule has 0 radical (unpaired) electrons. The van der Waals surface area contributed by atoms with Crippen molar-refractivity contribution < 1.29 is 23.3 Å². The first-order valence-corrected chi connectivity index (χ1v) is 14.9. The van der Waals surface area contributed by atoms with Gasteiger partial charge in [-0.3, -0.25) is 9.59 Å². The van der Waals surface area contributed by atoms with E-state index in [1.807, 2.05) is 36.4 Å². The molecule has 0 spiro atoms. The molecule has 2 bridgehead atoms. The normalized spacial score (nSPS) is 26.9. The highest BCUT2D eigenvalue weighted by Gasteiger charge is 2.68. The zero-order chi connectivity index (χ0) is 29.5. The van der Waals surface area contributed by atoms with Crippen molar-refractivity contribution in [3.63, 3.8) is 0 Å². The fraction of sp³-hybridized carbons (Fsp3) is 0.412. The minimum atomic E-state index is -0.732. The highest BCUT2D eigenvalue weighted by Crippen LogP contribution is 2.65. The highest BCUT2D eigenvalue weighted by molar-refractivity contribution is 6.48. The topological polar surface area (TPSA) is 76.7 Å². The average molecular weight is 568 g/mol. The molecule has 7 rings (SSSR count). The van der Waals surface area contributed by atoms with E-state index in [2.05, 4.69) is 31.4 Å². The minimum absolute atomic E-state index is 0.0142. The third-order valence-corrected chi connectivity index (χ3v) is 9.92. The molecule has 0 aromatic heterocycles. The molecule has 2 amide bonds. The van der Waals surface area contributed by atoms with Gasteiger partial charge in [-0.2, -0.15) is 0 Å². The van der Waals surface area contributed by atoms with Gasteiger partial charge in [-0.05, 0) is 78.8 Å². The standard InChI is InChI=1S/C34H38BFN2O4/c1-33(2)25-19-28(33)34(3)29(20-25)41-35(42-34)30(17-22-11-6-4-7-12-22)38-31(39)21-27(24-15-10-16-26(36)18-24)37-32(40)23-13-8-5-9-14-23/h4-16,18,25,27-30H,17,19-21H2,1-3H3,(H,37,40)(H,38,39)/t25-,27?,28-,29+,30-,34-/m0/s1. The Hall–Kier alpha value is -3.49. The number of carbonyl (C=O) groups is 2. The van der Waals surface area contributed by atoms with E-state index < -0.39 is 30.5 Å². The number of rotatable bonds is 9. The summed E-state index contributed by atoms with van der Waals surface area (Å²) in [5.41, 5.74) is 1.83. The van der Waals surface area contributed by atoms with Crippen molar-refractivity contribution in [2.24, 2.45) is 17.3 Å². The molecule has 6 atom stereocenters. The Morgan fingerprint density at radius 1 is 0.952 bits per heavy atom. The van der Waals surface area contributed by atoms with E-state index >= 15 is 0 Å². The largest absolute Gasteiger partial charge is 0.482 e. The summed E-state index contributed by atoms with van der Waals surface area (Å²) in [4.78, 5) is 26.7. The molecule has 6 nitrogen and oxygen atoms in total. The van der Waals surface area contributed by atoms with E-state index in [0.29, 0.717) is 29.4 Å². The van der Waals surface area contributed by atoms with Crippen LogP contribution in [0.15, 0.2) is 84.9 Å². The molecule has 2 N–H and O–H groups in total. The minimum Gasteiger partial charge on any atom is -0.404 e. The lowest BCUT2D eigenvalue weighted by atomic mass is 9.43. The Morgan fingerprint density at radius 2 is 1.67 bits per heavy atom. The molecular formula is C34H38BFN2O4. The van der Waals surface area contributed by atoms with Gasteiger partial charge in [0.25, 0.3) is 5.91 Å². The molecule has 1 heterocycles. The predicted molar refractivity (Wildman–Crippen MR) is 160 cm³/mol. The maximum Gasteiger partial charge on any atom is 0.482 e. The lowest BCUT2D eigenvalue weighted by molar-refractivity contribution is -0.199. The summed E-state index contributed by atoms with van der Waals surface area (Å²) in [6.45, 7) is 6.81. The fourth-order valence-corrected chi connectivity index (χ4v) is 7.41. The van der Waals surface area contributed by atoms with E-state index in [0.717, 1.165) is 18.4 Å². The number of carbonyl (C=O) groups excluding carboxylic acids is 2. The van der Waals surface area contributed by atoms with Crippen molar-refractivity contribution in [2.45, 2.75) is 70.1 Å². The molecular weight excluding hydrogens is 530 g/mol. The SMILES string of the molecule is CC1(C)[C@@H]2C[C@H]3OB([C@H](Cc4ccccc4)NC(=O)CC(NC(=O)c4ccccc4)c4cccc(F)c4)O[C@@]3(C)[C@H]1C2. The van der Waals surface area contributed by atoms with Gasteiger partial charge in [-0.15, -0.1) is 0 Å². The second-order valence-electron chi connectivity index (χ2n) is 12.9. The van der Waals surface area contributed by atoms with Crippen LogP contribution >= 0.6 is 0 Å². The zero-order valence-electron chi connectivity index (χ0n) is 24.4. The van der Waals surface area contributed by atoms with E-state index in [4.69, 9.17) is 9.31 Å². The zero-order valence-corrected chi connectivity index (χ0v) is 24.4. The summed E-state index contributed by atoms with van der Waals surface area (Å²) in [5, 5.41) is 6.12. The molecule has 1 aliphatic heterocycles. The second-order valence-corrected chi connectivity index (χ2v) is 12.9. The van der Waals surface area contributed by atoms with Crippen molar-refractivity contribution in [1.29, 1.82) is 0 Å². The van der Waals surface area contributed by atoms with E-state index in [9.17, 15) is 14.0 Å². The summed E-state index contributed by atoms with van der Waals surface area (Å²) in [6, 6.07) is 24.0. The average Bonchev–Trinajstić information content (AvgIpc) is 3.34. The molecule has 3 aromatic rings. The summed E-state index contributed by atoms with van der Waals surface area (Å²) in [5.74, 6) is -0.475. The smallest absolute Gasteiger partial charge is 0.404 e. The van der Waals surface area contributed by atoms with Crippen LogP contribution in [-0.2, 0) is 20.5 Å². The van der Waals surface area contributed by atoms with Gasteiger partial charge in [0.15, 0.2) is 0 Å². The quantitative estimate of drug-likeness (QED) is 0.326. The van der Waals surface area contributed by atoms with Crippen molar-refractivity contribution in [1.82, 2.24) is 10.6 Å². The molecule has 3 saturated carbocycles. The number of nitrogens with one attached hydrogen (secondary N) is 2. The summed E-state index contributed by atoms with van der Waals surface area (Å²) in [7, 11) is -0.606. The first kappa shape index (κ1) is 28.6. The molecule has 218 valence electrons. The maximum absolute atomic E-state index is 14.2. The molecule has 3 aromatic carbocycles. The fourth-order valence-electron chi connectivity index (χ4n) is 7.41. The van der Waals surface area contributed by atoms with Crippen LogP contribution < -0.4 is 10.6 Å². The monoisotopic (exact) mass is 568 g/mol. The Morgan fingerprint density at radius 3 is 2.36 bits per heavy atom. The van der Waals surface area contributed by atoms with Gasteiger partial charge in [0.2, 0.25) is 5.91 Å². The predicted octanol–water partition coefficient (Wildman–Crippen LogP) is 5.68. The number of hydrogen-bond acceptors (Lipinski definition) is 4. The van der Waals surface area contributed by atoms with Crippen molar-refractivity contribution in [3.05, 3.63) is 107 Å². The van der Waals surface area contributed by atoms with E-state index in [-0.39, 0.29) is 29.8 Å². The second kappa shape index (κ2) is 11.3. The van der Waals surface area contributed by atoms with Crippen molar-refractivity contribution in [3.8, 4) is 0 Å². The van der Waals surface area contributed by atoms with Crippen LogP contribution in [0.4, 0.5) is 4.39 Å². The van der Waals surface area contributed by atoms with Gasteiger partial charge in [0.05, 0.1) is 30.1 Å².